The van der Waals surface area contributed by atoms with E-state index in [1.807, 2.05) is 0 Å². The summed E-state index contributed by atoms with van der Waals surface area (Å²) < 4.78 is 65.9. The number of halogens is 3. The standard InChI is InChI=1S/C18H16F3NO5S/c1-11(16(23)22-14-5-3-4-13(10-14)18(19,20)21)27-17(24)12-6-8-15(9-7-12)28(2,25)26/h3-11H,1-2H3,(H,22,23)/t11-/m1/s1. The van der Waals surface area contributed by atoms with Crippen molar-refractivity contribution in [1.29, 1.82) is 0 Å². The first-order valence-electron chi connectivity index (χ1n) is 7.87. The lowest BCUT2D eigenvalue weighted by Gasteiger charge is -2.14. The predicted octanol–water partition coefficient (Wildman–Crippen LogP) is 3.29. The van der Waals surface area contributed by atoms with E-state index in [0.29, 0.717) is 0 Å². The van der Waals surface area contributed by atoms with E-state index in [2.05, 4.69) is 5.32 Å². The van der Waals surface area contributed by atoms with Crippen LogP contribution in [0.5, 0.6) is 0 Å². The second kappa shape index (κ2) is 8.01. The number of esters is 1. The smallest absolute Gasteiger partial charge is 0.416 e. The summed E-state index contributed by atoms with van der Waals surface area (Å²) in [6, 6.07) is 8.94. The van der Waals surface area contributed by atoms with Crippen molar-refractivity contribution in [3.8, 4) is 0 Å². The van der Waals surface area contributed by atoms with E-state index in [-0.39, 0.29) is 16.1 Å². The zero-order chi connectivity index (χ0) is 21.1. The van der Waals surface area contributed by atoms with Crippen LogP contribution < -0.4 is 5.32 Å². The predicted molar refractivity (Wildman–Crippen MR) is 94.5 cm³/mol. The van der Waals surface area contributed by atoms with Crippen LogP contribution in [0.2, 0.25) is 0 Å². The van der Waals surface area contributed by atoms with Crippen molar-refractivity contribution in [2.45, 2.75) is 24.1 Å². The Bertz CT molecular complexity index is 985. The minimum Gasteiger partial charge on any atom is -0.449 e. The van der Waals surface area contributed by atoms with Crippen molar-refractivity contribution in [1.82, 2.24) is 0 Å². The Labute approximate surface area is 159 Å². The third-order valence-corrected chi connectivity index (χ3v) is 4.76. The third kappa shape index (κ3) is 5.56. The van der Waals surface area contributed by atoms with Gasteiger partial charge in [0.05, 0.1) is 16.0 Å². The molecule has 0 aliphatic heterocycles. The van der Waals surface area contributed by atoms with Crippen LogP contribution in [0.25, 0.3) is 0 Å². The molecule has 0 spiro atoms. The highest BCUT2D eigenvalue weighted by atomic mass is 32.2. The maximum atomic E-state index is 12.7. The van der Waals surface area contributed by atoms with E-state index in [4.69, 9.17) is 4.74 Å². The van der Waals surface area contributed by atoms with E-state index in [1.165, 1.54) is 37.3 Å². The molecule has 0 radical (unpaired) electrons. The Morgan fingerprint density at radius 3 is 2.21 bits per heavy atom. The number of carbonyl (C=O) groups is 2. The number of amides is 1. The average Bonchev–Trinajstić information content (AvgIpc) is 2.60. The zero-order valence-corrected chi connectivity index (χ0v) is 15.6. The fourth-order valence-electron chi connectivity index (χ4n) is 2.14. The van der Waals surface area contributed by atoms with E-state index in [9.17, 15) is 31.2 Å². The lowest BCUT2D eigenvalue weighted by molar-refractivity contribution is -0.137. The van der Waals surface area contributed by atoms with Crippen molar-refractivity contribution in [2.24, 2.45) is 0 Å². The lowest BCUT2D eigenvalue weighted by atomic mass is 10.2. The minimum absolute atomic E-state index is 0.0133. The van der Waals surface area contributed by atoms with E-state index in [0.717, 1.165) is 24.5 Å². The van der Waals surface area contributed by atoms with Crippen LogP contribution in [0.4, 0.5) is 18.9 Å². The van der Waals surface area contributed by atoms with Gasteiger partial charge in [-0.25, -0.2) is 13.2 Å². The number of hydrogen-bond donors (Lipinski definition) is 1. The molecule has 1 N–H and O–H groups in total. The van der Waals surface area contributed by atoms with Crippen molar-refractivity contribution in [3.05, 3.63) is 59.7 Å². The van der Waals surface area contributed by atoms with Gasteiger partial charge in [-0.2, -0.15) is 13.2 Å². The summed E-state index contributed by atoms with van der Waals surface area (Å²) >= 11 is 0. The van der Waals surface area contributed by atoms with Crippen molar-refractivity contribution >= 4 is 27.4 Å². The quantitative estimate of drug-likeness (QED) is 0.757. The number of carbonyl (C=O) groups excluding carboxylic acids is 2. The van der Waals surface area contributed by atoms with Crippen LogP contribution in [-0.2, 0) is 25.5 Å². The SMILES string of the molecule is C[C@@H](OC(=O)c1ccc(S(C)(=O)=O)cc1)C(=O)Nc1cccc(C(F)(F)F)c1. The maximum Gasteiger partial charge on any atom is 0.416 e. The van der Waals surface area contributed by atoms with Crippen molar-refractivity contribution < 1.29 is 35.9 Å². The topological polar surface area (TPSA) is 89.5 Å². The van der Waals surface area contributed by atoms with Gasteiger partial charge in [0.1, 0.15) is 0 Å². The summed E-state index contributed by atoms with van der Waals surface area (Å²) in [5.74, 6) is -1.70. The molecule has 6 nitrogen and oxygen atoms in total. The number of sulfone groups is 1. The van der Waals surface area contributed by atoms with Crippen molar-refractivity contribution in [2.75, 3.05) is 11.6 Å². The second-order valence-electron chi connectivity index (χ2n) is 5.91. The fourth-order valence-corrected chi connectivity index (χ4v) is 2.77. The Hall–Kier alpha value is -2.88. The molecule has 0 unspecified atom stereocenters. The summed E-state index contributed by atoms with van der Waals surface area (Å²) in [5, 5.41) is 2.24. The molecular formula is C18H16F3NO5S. The van der Waals surface area contributed by atoms with Gasteiger partial charge in [0.15, 0.2) is 15.9 Å². The molecule has 0 saturated heterocycles. The number of anilines is 1. The molecule has 1 amide bonds. The van der Waals surface area contributed by atoms with Gasteiger partial charge in [-0.15, -0.1) is 0 Å². The van der Waals surface area contributed by atoms with Gasteiger partial charge in [-0.05, 0) is 49.4 Å². The number of alkyl halides is 3. The highest BCUT2D eigenvalue weighted by molar-refractivity contribution is 7.90. The Morgan fingerprint density at radius 1 is 1.07 bits per heavy atom. The normalized spacial score (nSPS) is 12.9. The zero-order valence-electron chi connectivity index (χ0n) is 14.8. The van der Waals surface area contributed by atoms with Crippen LogP contribution in [0, 0.1) is 0 Å². The Kier molecular flexibility index (Phi) is 6.13. The first kappa shape index (κ1) is 21.4. The van der Waals surface area contributed by atoms with Gasteiger partial charge in [0.25, 0.3) is 5.91 Å². The molecule has 0 bridgehead atoms. The second-order valence-corrected chi connectivity index (χ2v) is 7.93. The highest BCUT2D eigenvalue weighted by Gasteiger charge is 2.30. The minimum atomic E-state index is -4.56. The molecule has 150 valence electrons. The maximum absolute atomic E-state index is 12.7. The van der Waals surface area contributed by atoms with E-state index < -0.39 is 39.6 Å². The third-order valence-electron chi connectivity index (χ3n) is 3.63. The number of nitrogens with one attached hydrogen (secondary N) is 1. The fraction of sp³-hybridized carbons (Fsp3) is 0.222. The summed E-state index contributed by atoms with van der Waals surface area (Å²) in [5.41, 5.74) is -1.01. The molecule has 28 heavy (non-hydrogen) atoms. The molecule has 0 aliphatic rings. The molecule has 1 atom stereocenters. The van der Waals surface area contributed by atoms with Crippen LogP contribution in [-0.4, -0.2) is 32.7 Å². The summed E-state index contributed by atoms with van der Waals surface area (Å²) in [6.07, 6.45) is -4.84. The summed E-state index contributed by atoms with van der Waals surface area (Å²) in [7, 11) is -3.43. The molecular weight excluding hydrogens is 399 g/mol. The van der Waals surface area contributed by atoms with Crippen LogP contribution in [0.1, 0.15) is 22.8 Å². The Morgan fingerprint density at radius 2 is 1.68 bits per heavy atom. The lowest BCUT2D eigenvalue weighted by Crippen LogP contribution is -2.30. The first-order valence-corrected chi connectivity index (χ1v) is 9.76. The van der Waals surface area contributed by atoms with E-state index >= 15 is 0 Å². The highest BCUT2D eigenvalue weighted by Crippen LogP contribution is 2.30. The molecule has 10 heteroatoms. The largest absolute Gasteiger partial charge is 0.449 e. The number of rotatable bonds is 5. The molecule has 2 aromatic carbocycles. The monoisotopic (exact) mass is 415 g/mol. The molecule has 2 aromatic rings. The molecule has 2 rings (SSSR count). The average molecular weight is 415 g/mol. The Balaban J connectivity index is 2.03. The van der Waals surface area contributed by atoms with Crippen LogP contribution >= 0.6 is 0 Å². The molecule has 0 saturated carbocycles. The van der Waals surface area contributed by atoms with Gasteiger partial charge in [-0.3, -0.25) is 4.79 Å². The number of benzene rings is 2. The van der Waals surface area contributed by atoms with E-state index in [1.54, 1.807) is 0 Å². The van der Waals surface area contributed by atoms with Gasteiger partial charge in [0, 0.05) is 11.9 Å². The number of hydrogen-bond acceptors (Lipinski definition) is 5. The van der Waals surface area contributed by atoms with Gasteiger partial charge in [-0.1, -0.05) is 6.07 Å². The molecule has 0 fully saturated rings. The summed E-state index contributed by atoms with van der Waals surface area (Å²) in [4.78, 5) is 24.1. The van der Waals surface area contributed by atoms with Crippen LogP contribution in [0.15, 0.2) is 53.4 Å². The van der Waals surface area contributed by atoms with Crippen LogP contribution in [0.3, 0.4) is 0 Å². The van der Waals surface area contributed by atoms with Crippen molar-refractivity contribution in [3.63, 3.8) is 0 Å². The molecule has 0 aromatic heterocycles. The number of ether oxygens (including phenoxy) is 1. The van der Waals surface area contributed by atoms with Gasteiger partial charge >= 0.3 is 12.1 Å². The first-order chi connectivity index (χ1) is 12.9. The van der Waals surface area contributed by atoms with Gasteiger partial charge < -0.3 is 10.1 Å². The van der Waals surface area contributed by atoms with Gasteiger partial charge in [0.2, 0.25) is 0 Å². The summed E-state index contributed by atoms with van der Waals surface area (Å²) in [6.45, 7) is 1.26. The molecule has 0 heterocycles. The molecule has 0 aliphatic carbocycles.